The molecule has 0 radical (unpaired) electrons. The molecular formula is C9H12N2O2. The Labute approximate surface area is 77.0 Å². The van der Waals surface area contributed by atoms with Gasteiger partial charge in [0.05, 0.1) is 14.2 Å². The fourth-order valence-corrected chi connectivity index (χ4v) is 1.13. The van der Waals surface area contributed by atoms with Gasteiger partial charge in [0.15, 0.2) is 5.69 Å². The van der Waals surface area contributed by atoms with Gasteiger partial charge in [0.2, 0.25) is 0 Å². The standard InChI is InChI=1S/C9H12N2O2/c1-6-4-7(12-2)9(11-10)8(5-6)13-3/h4-5,10H,1-3H3. The van der Waals surface area contributed by atoms with Crippen LogP contribution in [0.2, 0.25) is 0 Å². The summed E-state index contributed by atoms with van der Waals surface area (Å²) >= 11 is 0. The van der Waals surface area contributed by atoms with Crippen molar-refractivity contribution < 1.29 is 9.47 Å². The minimum absolute atomic E-state index is 0.426. The van der Waals surface area contributed by atoms with E-state index in [1.165, 1.54) is 0 Å². The van der Waals surface area contributed by atoms with Crippen molar-refractivity contribution in [2.75, 3.05) is 14.2 Å². The Morgan fingerprint density at radius 1 is 1.15 bits per heavy atom. The molecule has 0 fully saturated rings. The highest BCUT2D eigenvalue weighted by atomic mass is 16.5. The average molecular weight is 180 g/mol. The topological polar surface area (TPSA) is 54.7 Å². The van der Waals surface area contributed by atoms with Gasteiger partial charge in [-0.05, 0) is 24.6 Å². The zero-order valence-corrected chi connectivity index (χ0v) is 7.92. The highest BCUT2D eigenvalue weighted by Gasteiger charge is 2.09. The largest absolute Gasteiger partial charge is 0.494 e. The fourth-order valence-electron chi connectivity index (χ4n) is 1.13. The first-order valence-corrected chi connectivity index (χ1v) is 3.83. The number of hydrogen-bond donors (Lipinski definition) is 1. The lowest BCUT2D eigenvalue weighted by Crippen LogP contribution is -1.89. The highest BCUT2D eigenvalue weighted by Crippen LogP contribution is 2.37. The van der Waals surface area contributed by atoms with Crippen molar-refractivity contribution >= 4 is 5.69 Å². The molecule has 0 aromatic heterocycles. The van der Waals surface area contributed by atoms with Gasteiger partial charge < -0.3 is 9.47 Å². The molecule has 0 saturated heterocycles. The highest BCUT2D eigenvalue weighted by molar-refractivity contribution is 5.63. The molecular weight excluding hydrogens is 168 g/mol. The molecule has 0 bridgehead atoms. The van der Waals surface area contributed by atoms with Crippen LogP contribution in [0.4, 0.5) is 5.69 Å². The van der Waals surface area contributed by atoms with Crippen LogP contribution < -0.4 is 9.47 Å². The zero-order chi connectivity index (χ0) is 9.84. The number of nitrogens with zero attached hydrogens (tertiary/aromatic N) is 1. The van der Waals surface area contributed by atoms with E-state index in [9.17, 15) is 0 Å². The molecule has 0 saturated carbocycles. The summed E-state index contributed by atoms with van der Waals surface area (Å²) in [6, 6.07) is 3.63. The third kappa shape index (κ3) is 1.77. The third-order valence-electron chi connectivity index (χ3n) is 1.74. The van der Waals surface area contributed by atoms with Crippen LogP contribution in [0.15, 0.2) is 17.2 Å². The Hall–Kier alpha value is -1.58. The van der Waals surface area contributed by atoms with E-state index in [1.54, 1.807) is 14.2 Å². The van der Waals surface area contributed by atoms with Gasteiger partial charge in [-0.25, -0.2) is 5.53 Å². The molecule has 1 aromatic rings. The first kappa shape index (κ1) is 9.51. The smallest absolute Gasteiger partial charge is 0.169 e. The summed E-state index contributed by atoms with van der Waals surface area (Å²) in [6.45, 7) is 1.93. The van der Waals surface area contributed by atoms with Gasteiger partial charge in [-0.15, -0.1) is 0 Å². The maximum absolute atomic E-state index is 6.97. The Kier molecular flexibility index (Phi) is 2.84. The van der Waals surface area contributed by atoms with E-state index in [4.69, 9.17) is 15.0 Å². The van der Waals surface area contributed by atoms with Crippen LogP contribution in [-0.2, 0) is 0 Å². The van der Waals surface area contributed by atoms with Crippen molar-refractivity contribution in [3.8, 4) is 11.5 Å². The van der Waals surface area contributed by atoms with Gasteiger partial charge in [-0.3, -0.25) is 0 Å². The van der Waals surface area contributed by atoms with Crippen LogP contribution in [0.1, 0.15) is 5.56 Å². The van der Waals surface area contributed by atoms with Crippen molar-refractivity contribution in [3.63, 3.8) is 0 Å². The number of hydrogen-bond acceptors (Lipinski definition) is 4. The van der Waals surface area contributed by atoms with Crippen LogP contribution >= 0.6 is 0 Å². The van der Waals surface area contributed by atoms with Crippen LogP contribution in [-0.4, -0.2) is 14.2 Å². The Bertz CT molecular complexity index is 298. The first-order valence-electron chi connectivity index (χ1n) is 3.83. The molecule has 1 N–H and O–H groups in total. The number of ether oxygens (including phenoxy) is 2. The predicted octanol–water partition coefficient (Wildman–Crippen LogP) is 2.67. The van der Waals surface area contributed by atoms with Gasteiger partial charge >= 0.3 is 0 Å². The summed E-state index contributed by atoms with van der Waals surface area (Å²) in [4.78, 5) is 0. The van der Waals surface area contributed by atoms with Crippen molar-refractivity contribution in [3.05, 3.63) is 17.7 Å². The Balaban J connectivity index is 3.33. The number of aryl methyl sites for hydroxylation is 1. The minimum atomic E-state index is 0.426. The summed E-state index contributed by atoms with van der Waals surface area (Å²) in [5, 5.41) is 3.35. The molecule has 0 atom stereocenters. The lowest BCUT2D eigenvalue weighted by Gasteiger charge is -2.09. The van der Waals surface area contributed by atoms with E-state index >= 15 is 0 Å². The molecule has 13 heavy (non-hydrogen) atoms. The van der Waals surface area contributed by atoms with Crippen molar-refractivity contribution in [1.82, 2.24) is 0 Å². The van der Waals surface area contributed by atoms with Crippen molar-refractivity contribution in [2.24, 2.45) is 5.11 Å². The van der Waals surface area contributed by atoms with E-state index in [1.807, 2.05) is 19.1 Å². The van der Waals surface area contributed by atoms with Gasteiger partial charge in [-0.2, -0.15) is 5.11 Å². The normalized spacial score (nSPS) is 9.46. The molecule has 0 amide bonds. The monoisotopic (exact) mass is 180 g/mol. The summed E-state index contributed by atoms with van der Waals surface area (Å²) in [5.41, 5.74) is 8.41. The molecule has 0 unspecified atom stereocenters. The second-order valence-electron chi connectivity index (χ2n) is 2.63. The summed E-state index contributed by atoms with van der Waals surface area (Å²) in [5.74, 6) is 1.12. The summed E-state index contributed by atoms with van der Waals surface area (Å²) < 4.78 is 10.1. The molecule has 0 aliphatic rings. The number of methoxy groups -OCH3 is 2. The first-order chi connectivity index (χ1) is 6.22. The zero-order valence-electron chi connectivity index (χ0n) is 7.92. The molecule has 0 aliphatic carbocycles. The van der Waals surface area contributed by atoms with Gasteiger partial charge in [0, 0.05) is 0 Å². The minimum Gasteiger partial charge on any atom is -0.494 e. The Morgan fingerprint density at radius 2 is 1.62 bits per heavy atom. The predicted molar refractivity (Wildman–Crippen MR) is 49.1 cm³/mol. The number of rotatable bonds is 3. The summed E-state index contributed by atoms with van der Waals surface area (Å²) in [7, 11) is 3.09. The molecule has 1 aromatic carbocycles. The molecule has 0 heterocycles. The van der Waals surface area contributed by atoms with E-state index in [0.29, 0.717) is 17.2 Å². The van der Waals surface area contributed by atoms with E-state index < -0.39 is 0 Å². The lowest BCUT2D eigenvalue weighted by atomic mass is 10.2. The third-order valence-corrected chi connectivity index (χ3v) is 1.74. The van der Waals surface area contributed by atoms with Crippen molar-refractivity contribution in [2.45, 2.75) is 6.92 Å². The summed E-state index contributed by atoms with van der Waals surface area (Å²) in [6.07, 6.45) is 0. The van der Waals surface area contributed by atoms with Gasteiger partial charge in [0.1, 0.15) is 11.5 Å². The maximum atomic E-state index is 6.97. The fraction of sp³-hybridized carbons (Fsp3) is 0.333. The van der Waals surface area contributed by atoms with E-state index in [0.717, 1.165) is 5.56 Å². The maximum Gasteiger partial charge on any atom is 0.169 e. The molecule has 70 valence electrons. The number of benzene rings is 1. The molecule has 4 heteroatoms. The van der Waals surface area contributed by atoms with Crippen LogP contribution in [0, 0.1) is 12.5 Å². The second kappa shape index (κ2) is 3.89. The van der Waals surface area contributed by atoms with Crippen LogP contribution in [0.25, 0.3) is 0 Å². The van der Waals surface area contributed by atoms with Gasteiger partial charge in [0.25, 0.3) is 0 Å². The van der Waals surface area contributed by atoms with E-state index in [2.05, 4.69) is 5.11 Å². The SMILES string of the molecule is COc1cc(C)cc(OC)c1N=N. The second-order valence-corrected chi connectivity index (χ2v) is 2.63. The van der Waals surface area contributed by atoms with Gasteiger partial charge in [-0.1, -0.05) is 0 Å². The lowest BCUT2D eigenvalue weighted by molar-refractivity contribution is 0.395. The molecule has 0 aliphatic heterocycles. The van der Waals surface area contributed by atoms with Crippen molar-refractivity contribution in [1.29, 1.82) is 5.53 Å². The van der Waals surface area contributed by atoms with E-state index in [-0.39, 0.29) is 0 Å². The van der Waals surface area contributed by atoms with Crippen LogP contribution in [0.5, 0.6) is 11.5 Å². The average Bonchev–Trinajstić information content (AvgIpc) is 2.16. The Morgan fingerprint density at radius 3 is 1.92 bits per heavy atom. The number of nitrogens with one attached hydrogen (secondary N) is 1. The molecule has 1 rings (SSSR count). The quantitative estimate of drug-likeness (QED) is 0.727. The molecule has 0 spiro atoms. The van der Waals surface area contributed by atoms with Crippen LogP contribution in [0.3, 0.4) is 0 Å². The molecule has 4 nitrogen and oxygen atoms in total.